The highest BCUT2D eigenvalue weighted by Crippen LogP contribution is 2.14. The third-order valence-electron chi connectivity index (χ3n) is 5.37. The number of hydrogen-bond acceptors (Lipinski definition) is 4. The average Bonchev–Trinajstić information content (AvgIpc) is 2.73. The molecule has 1 aromatic carbocycles. The summed E-state index contributed by atoms with van der Waals surface area (Å²) in [6, 6.07) is 6.12. The molecular formula is C25H40O5. The first-order valence-corrected chi connectivity index (χ1v) is 11.8. The van der Waals surface area contributed by atoms with E-state index < -0.39 is 5.97 Å². The second-order valence-corrected chi connectivity index (χ2v) is 8.13. The Hall–Kier alpha value is -2.04. The van der Waals surface area contributed by atoms with Crippen LogP contribution < -0.4 is 0 Å². The van der Waals surface area contributed by atoms with Gasteiger partial charge in [-0.3, -0.25) is 4.79 Å². The molecule has 5 nitrogen and oxygen atoms in total. The lowest BCUT2D eigenvalue weighted by Crippen LogP contribution is -2.06. The van der Waals surface area contributed by atoms with Gasteiger partial charge in [-0.15, -0.1) is 0 Å². The topological polar surface area (TPSA) is 83.8 Å². The number of hydrogen-bond donors (Lipinski definition) is 2. The molecule has 0 amide bonds. The molecule has 1 rings (SSSR count). The zero-order chi connectivity index (χ0) is 21.9. The quantitative estimate of drug-likeness (QED) is 0.188. The molecule has 2 N–H and O–H groups in total. The number of ether oxygens (including phenoxy) is 1. The molecule has 0 heterocycles. The van der Waals surface area contributed by atoms with E-state index in [1.54, 1.807) is 12.1 Å². The molecule has 1 aromatic rings. The molecule has 0 spiro atoms. The fourth-order valence-electron chi connectivity index (χ4n) is 3.52. The number of carboxylic acids is 1. The van der Waals surface area contributed by atoms with Crippen molar-refractivity contribution in [3.05, 3.63) is 29.8 Å². The van der Waals surface area contributed by atoms with Gasteiger partial charge >= 0.3 is 11.9 Å². The van der Waals surface area contributed by atoms with E-state index in [0.29, 0.717) is 18.6 Å². The summed E-state index contributed by atoms with van der Waals surface area (Å²) in [5.41, 5.74) is 0.475. The number of carbonyl (C=O) groups excluding carboxylic acids is 1. The third kappa shape index (κ3) is 14.9. The lowest BCUT2D eigenvalue weighted by atomic mass is 10.0. The third-order valence-corrected chi connectivity index (χ3v) is 5.37. The molecule has 0 bridgehead atoms. The molecule has 5 heteroatoms. The molecule has 0 aliphatic heterocycles. The predicted molar refractivity (Wildman–Crippen MR) is 120 cm³/mol. The molecular weight excluding hydrogens is 380 g/mol. The zero-order valence-corrected chi connectivity index (χ0v) is 18.4. The SMILES string of the molecule is O=C(O)CCCCCCCCCCCCCCCCCOC(=O)c1ccc(O)cc1. The highest BCUT2D eigenvalue weighted by Gasteiger charge is 2.06. The number of carboxylic acid groups (broad SMARTS) is 1. The lowest BCUT2D eigenvalue weighted by molar-refractivity contribution is -0.137. The number of aliphatic carboxylic acids is 1. The van der Waals surface area contributed by atoms with E-state index in [2.05, 4.69) is 0 Å². The summed E-state index contributed by atoms with van der Waals surface area (Å²) in [6.45, 7) is 0.458. The van der Waals surface area contributed by atoms with E-state index in [-0.39, 0.29) is 11.7 Å². The first-order valence-electron chi connectivity index (χ1n) is 11.8. The van der Waals surface area contributed by atoms with Gasteiger partial charge in [-0.25, -0.2) is 4.79 Å². The Labute approximate surface area is 181 Å². The molecule has 170 valence electrons. The normalized spacial score (nSPS) is 10.8. The number of benzene rings is 1. The minimum Gasteiger partial charge on any atom is -0.508 e. The van der Waals surface area contributed by atoms with Crippen molar-refractivity contribution < 1.29 is 24.5 Å². The molecule has 0 saturated heterocycles. The average molecular weight is 421 g/mol. The number of aromatic hydroxyl groups is 1. The van der Waals surface area contributed by atoms with E-state index >= 15 is 0 Å². The van der Waals surface area contributed by atoms with Crippen LogP contribution in [-0.2, 0) is 9.53 Å². The minimum absolute atomic E-state index is 0.147. The monoisotopic (exact) mass is 420 g/mol. The maximum Gasteiger partial charge on any atom is 0.338 e. The van der Waals surface area contributed by atoms with Crippen LogP contribution in [0.3, 0.4) is 0 Å². The molecule has 0 aliphatic carbocycles. The molecule has 0 fully saturated rings. The van der Waals surface area contributed by atoms with Gasteiger partial charge in [-0.05, 0) is 37.1 Å². The first-order chi connectivity index (χ1) is 14.6. The van der Waals surface area contributed by atoms with Crippen LogP contribution in [0.4, 0.5) is 0 Å². The maximum atomic E-state index is 11.8. The first kappa shape index (κ1) is 26.0. The molecule has 0 aliphatic rings. The van der Waals surface area contributed by atoms with Crippen LogP contribution in [0.2, 0.25) is 0 Å². The van der Waals surface area contributed by atoms with E-state index in [1.807, 2.05) is 0 Å². The number of esters is 1. The minimum atomic E-state index is -0.678. The van der Waals surface area contributed by atoms with Crippen molar-refractivity contribution in [2.24, 2.45) is 0 Å². The van der Waals surface area contributed by atoms with Crippen LogP contribution in [0, 0.1) is 0 Å². The standard InChI is InChI=1S/C25H40O5/c26-23-19-17-22(18-20-23)25(29)30-21-15-13-11-9-7-5-3-1-2-4-6-8-10-12-14-16-24(27)28/h17-20,26H,1-16,21H2,(H,27,28). The number of phenolic OH excluding ortho intramolecular Hbond substituents is 1. The molecule has 0 aromatic heterocycles. The van der Waals surface area contributed by atoms with Gasteiger partial charge in [-0.2, -0.15) is 0 Å². The van der Waals surface area contributed by atoms with Crippen LogP contribution in [0.15, 0.2) is 24.3 Å². The van der Waals surface area contributed by atoms with E-state index in [1.165, 1.54) is 82.8 Å². The summed E-state index contributed by atoms with van der Waals surface area (Å²) >= 11 is 0. The van der Waals surface area contributed by atoms with Crippen molar-refractivity contribution >= 4 is 11.9 Å². The zero-order valence-electron chi connectivity index (χ0n) is 18.4. The van der Waals surface area contributed by atoms with Crippen LogP contribution in [0.25, 0.3) is 0 Å². The second-order valence-electron chi connectivity index (χ2n) is 8.13. The van der Waals surface area contributed by atoms with E-state index in [0.717, 1.165) is 25.7 Å². The highest BCUT2D eigenvalue weighted by atomic mass is 16.5. The van der Waals surface area contributed by atoms with Gasteiger partial charge in [0.2, 0.25) is 0 Å². The summed E-state index contributed by atoms with van der Waals surface area (Å²) < 4.78 is 5.25. The van der Waals surface area contributed by atoms with Gasteiger partial charge in [-0.1, -0.05) is 83.5 Å². The maximum absolute atomic E-state index is 11.8. The second kappa shape index (κ2) is 17.8. The summed E-state index contributed by atoms with van der Waals surface area (Å²) in [7, 11) is 0. The van der Waals surface area contributed by atoms with Crippen LogP contribution >= 0.6 is 0 Å². The van der Waals surface area contributed by atoms with Crippen molar-refractivity contribution in [3.8, 4) is 5.75 Å². The molecule has 0 saturated carbocycles. The lowest BCUT2D eigenvalue weighted by Gasteiger charge is -2.05. The van der Waals surface area contributed by atoms with Gasteiger partial charge in [0.05, 0.1) is 12.2 Å². The molecule has 0 unspecified atom stereocenters. The molecule has 30 heavy (non-hydrogen) atoms. The summed E-state index contributed by atoms with van der Waals surface area (Å²) in [4.78, 5) is 22.2. The van der Waals surface area contributed by atoms with E-state index in [9.17, 15) is 14.7 Å². The summed E-state index contributed by atoms with van der Waals surface area (Å²) in [5, 5.41) is 17.8. The van der Waals surface area contributed by atoms with Gasteiger partial charge < -0.3 is 14.9 Å². The van der Waals surface area contributed by atoms with E-state index in [4.69, 9.17) is 9.84 Å². The van der Waals surface area contributed by atoms with Crippen molar-refractivity contribution in [1.82, 2.24) is 0 Å². The smallest absolute Gasteiger partial charge is 0.338 e. The van der Waals surface area contributed by atoms with Crippen LogP contribution in [0.1, 0.15) is 113 Å². The Bertz CT molecular complexity index is 567. The molecule has 0 radical (unpaired) electrons. The fraction of sp³-hybridized carbons (Fsp3) is 0.680. The molecule has 0 atom stereocenters. The fourth-order valence-corrected chi connectivity index (χ4v) is 3.52. The number of rotatable bonds is 19. The van der Waals surface area contributed by atoms with Crippen molar-refractivity contribution in [2.75, 3.05) is 6.61 Å². The largest absolute Gasteiger partial charge is 0.508 e. The van der Waals surface area contributed by atoms with Crippen LogP contribution in [0.5, 0.6) is 5.75 Å². The van der Waals surface area contributed by atoms with Gasteiger partial charge in [0, 0.05) is 6.42 Å². The summed E-state index contributed by atoms with van der Waals surface area (Å²) in [5.74, 6) is -0.857. The Balaban J connectivity index is 1.77. The number of carbonyl (C=O) groups is 2. The predicted octanol–water partition coefficient (Wildman–Crippen LogP) is 6.88. The summed E-state index contributed by atoms with van der Waals surface area (Å²) in [6.07, 6.45) is 18.2. The van der Waals surface area contributed by atoms with Crippen molar-refractivity contribution in [3.63, 3.8) is 0 Å². The van der Waals surface area contributed by atoms with Gasteiger partial charge in [0.15, 0.2) is 0 Å². The van der Waals surface area contributed by atoms with Gasteiger partial charge in [0.25, 0.3) is 0 Å². The van der Waals surface area contributed by atoms with Crippen molar-refractivity contribution in [2.45, 2.75) is 103 Å². The Morgan fingerprint density at radius 2 is 1.03 bits per heavy atom. The highest BCUT2D eigenvalue weighted by molar-refractivity contribution is 5.89. The number of unbranched alkanes of at least 4 members (excludes halogenated alkanes) is 14. The Morgan fingerprint density at radius 1 is 0.633 bits per heavy atom. The number of phenols is 1. The van der Waals surface area contributed by atoms with Crippen molar-refractivity contribution in [1.29, 1.82) is 0 Å². The van der Waals surface area contributed by atoms with Crippen LogP contribution in [-0.4, -0.2) is 28.8 Å². The Kier molecular flexibility index (Phi) is 15.4. The Morgan fingerprint density at radius 3 is 1.47 bits per heavy atom. The van der Waals surface area contributed by atoms with Gasteiger partial charge in [0.1, 0.15) is 5.75 Å².